The van der Waals surface area contributed by atoms with E-state index >= 15 is 0 Å². The Kier molecular flexibility index (Phi) is 4.82. The van der Waals surface area contributed by atoms with Gasteiger partial charge in [-0.1, -0.05) is 0 Å². The molecule has 0 saturated carbocycles. The van der Waals surface area contributed by atoms with E-state index in [0.29, 0.717) is 18.1 Å². The summed E-state index contributed by atoms with van der Waals surface area (Å²) in [6.45, 7) is 6.16. The maximum atomic E-state index is 6.14. The first-order valence-electron chi connectivity index (χ1n) is 12.6. The summed E-state index contributed by atoms with van der Waals surface area (Å²) in [5.41, 5.74) is 9.67. The molecule has 5 aromatic heterocycles. The Morgan fingerprint density at radius 3 is 2.61 bits per heavy atom. The van der Waals surface area contributed by atoms with Gasteiger partial charge in [0.2, 0.25) is 0 Å². The predicted molar refractivity (Wildman–Crippen MR) is 135 cm³/mol. The molecular weight excluding hydrogens is 452 g/mol. The Morgan fingerprint density at radius 1 is 1.06 bits per heavy atom. The lowest BCUT2D eigenvalue weighted by Gasteiger charge is -2.28. The molecule has 182 valence electrons. The first kappa shape index (κ1) is 21.4. The lowest BCUT2D eigenvalue weighted by Crippen LogP contribution is -2.24. The van der Waals surface area contributed by atoms with Crippen LogP contribution in [0.25, 0.3) is 33.8 Å². The highest BCUT2D eigenvalue weighted by Crippen LogP contribution is 2.42. The van der Waals surface area contributed by atoms with Crippen molar-refractivity contribution < 1.29 is 4.74 Å². The molecule has 9 nitrogen and oxygen atoms in total. The zero-order chi connectivity index (χ0) is 24.4. The van der Waals surface area contributed by atoms with Crippen molar-refractivity contribution in [2.45, 2.75) is 64.6 Å². The number of pyridine rings is 1. The van der Waals surface area contributed by atoms with E-state index in [2.05, 4.69) is 35.1 Å². The van der Waals surface area contributed by atoms with E-state index in [1.165, 1.54) is 0 Å². The van der Waals surface area contributed by atoms with Crippen LogP contribution in [-0.4, -0.2) is 51.8 Å². The van der Waals surface area contributed by atoms with Crippen LogP contribution in [-0.2, 0) is 4.74 Å². The maximum absolute atomic E-state index is 6.14. The minimum Gasteiger partial charge on any atom is -0.375 e. The zero-order valence-electron chi connectivity index (χ0n) is 20.6. The summed E-state index contributed by atoms with van der Waals surface area (Å²) >= 11 is 0. The third kappa shape index (κ3) is 3.37. The number of nitrogens with one attached hydrogen (secondary N) is 1. The van der Waals surface area contributed by atoms with Gasteiger partial charge >= 0.3 is 0 Å². The van der Waals surface area contributed by atoms with Crippen LogP contribution in [0.4, 0.5) is 0 Å². The summed E-state index contributed by atoms with van der Waals surface area (Å²) in [6, 6.07) is 8.21. The average molecular weight is 481 g/mol. The van der Waals surface area contributed by atoms with Crippen LogP contribution < -0.4 is 0 Å². The molecule has 0 radical (unpaired) electrons. The van der Waals surface area contributed by atoms with Gasteiger partial charge in [-0.3, -0.25) is 10.1 Å². The molecule has 5 aromatic rings. The van der Waals surface area contributed by atoms with Crippen molar-refractivity contribution in [3.8, 4) is 28.2 Å². The summed E-state index contributed by atoms with van der Waals surface area (Å²) in [5.74, 6) is 0.359. The molecule has 0 amide bonds. The van der Waals surface area contributed by atoms with Crippen molar-refractivity contribution in [2.75, 3.05) is 0 Å². The number of fused-ring (bicyclic) bond motifs is 3. The van der Waals surface area contributed by atoms with Gasteiger partial charge in [-0.05, 0) is 70.7 Å². The number of hydrogen-bond donors (Lipinski definition) is 1. The second-order valence-corrected chi connectivity index (χ2v) is 10.1. The second kappa shape index (κ2) is 8.09. The topological polar surface area (TPSA) is 98.8 Å². The lowest BCUT2D eigenvalue weighted by molar-refractivity contribution is -0.00438. The maximum Gasteiger partial charge on any atom is 0.165 e. The molecular formula is C27H28N8O. The Bertz CT molecular complexity index is 1570. The molecule has 0 aliphatic carbocycles. The van der Waals surface area contributed by atoms with Gasteiger partial charge in [0, 0.05) is 29.1 Å². The van der Waals surface area contributed by atoms with Gasteiger partial charge in [0.1, 0.15) is 0 Å². The zero-order valence-corrected chi connectivity index (χ0v) is 20.6. The number of aromatic nitrogens is 8. The fraction of sp³-hybridized carbons (Fsp3) is 0.370. The van der Waals surface area contributed by atoms with Crippen LogP contribution >= 0.6 is 0 Å². The average Bonchev–Trinajstić information content (AvgIpc) is 3.65. The number of aromatic amines is 1. The molecule has 2 aliphatic rings. The Hall–Kier alpha value is -3.85. The summed E-state index contributed by atoms with van der Waals surface area (Å²) < 4.78 is 10.0. The third-order valence-electron chi connectivity index (χ3n) is 7.62. The highest BCUT2D eigenvalue weighted by molar-refractivity contribution is 5.78. The Balaban J connectivity index is 1.44. The first-order chi connectivity index (χ1) is 17.5. The molecule has 0 spiro atoms. The van der Waals surface area contributed by atoms with Crippen molar-refractivity contribution >= 4 is 5.65 Å². The van der Waals surface area contributed by atoms with Crippen molar-refractivity contribution in [1.29, 1.82) is 0 Å². The number of hydrogen-bond acceptors (Lipinski definition) is 6. The largest absolute Gasteiger partial charge is 0.375 e. The van der Waals surface area contributed by atoms with E-state index in [0.717, 1.165) is 82.3 Å². The van der Waals surface area contributed by atoms with Crippen molar-refractivity contribution in [3.63, 3.8) is 0 Å². The lowest BCUT2D eigenvalue weighted by atomic mass is 9.91. The molecule has 2 unspecified atom stereocenters. The van der Waals surface area contributed by atoms with Crippen LogP contribution in [0.2, 0.25) is 0 Å². The SMILES string of the molecule is Cc1cc(-c2cnn3c(-c4c(C)nn(-c5cccnc5)c4C)cc(C4CC5CCC(C4)O5)nc23)n[nH]1. The standard InChI is InChI=1S/C27H28N8O/c1-15-9-24(32-31-15)22-14-29-35-25(26-16(2)33-34(17(26)3)19-5-4-8-28-13-19)12-23(30-27(22)35)18-10-20-6-7-21(11-18)36-20/h4-5,8-9,12-14,18,20-21H,6-7,10-11H2,1-3H3,(H,31,32). The number of H-pyrrole nitrogens is 1. The minimum absolute atomic E-state index is 0.338. The van der Waals surface area contributed by atoms with Gasteiger partial charge in [-0.25, -0.2) is 14.2 Å². The van der Waals surface area contributed by atoms with Gasteiger partial charge in [0.15, 0.2) is 5.65 Å². The third-order valence-corrected chi connectivity index (χ3v) is 7.62. The molecule has 2 aliphatic heterocycles. The molecule has 7 rings (SSSR count). The van der Waals surface area contributed by atoms with Gasteiger partial charge in [-0.2, -0.15) is 15.3 Å². The highest BCUT2D eigenvalue weighted by atomic mass is 16.5. The smallest absolute Gasteiger partial charge is 0.165 e. The van der Waals surface area contributed by atoms with Gasteiger partial charge in [0.05, 0.1) is 58.6 Å². The van der Waals surface area contributed by atoms with E-state index in [-0.39, 0.29) is 0 Å². The van der Waals surface area contributed by atoms with E-state index < -0.39 is 0 Å². The molecule has 2 bridgehead atoms. The molecule has 0 aromatic carbocycles. The molecule has 7 heterocycles. The fourth-order valence-corrected chi connectivity index (χ4v) is 5.95. The van der Waals surface area contributed by atoms with Crippen molar-refractivity contribution in [2.24, 2.45) is 0 Å². The van der Waals surface area contributed by atoms with Crippen LogP contribution in [0.5, 0.6) is 0 Å². The quantitative estimate of drug-likeness (QED) is 0.400. The molecule has 2 atom stereocenters. The van der Waals surface area contributed by atoms with Gasteiger partial charge in [0.25, 0.3) is 0 Å². The van der Waals surface area contributed by atoms with Gasteiger partial charge < -0.3 is 4.74 Å². The monoisotopic (exact) mass is 480 g/mol. The summed E-state index contributed by atoms with van der Waals surface area (Å²) in [5, 5.41) is 17.2. The summed E-state index contributed by atoms with van der Waals surface area (Å²) in [4.78, 5) is 9.49. The molecule has 36 heavy (non-hydrogen) atoms. The van der Waals surface area contributed by atoms with E-state index in [4.69, 9.17) is 19.9 Å². The van der Waals surface area contributed by atoms with Crippen molar-refractivity contribution in [1.82, 2.24) is 39.6 Å². The summed E-state index contributed by atoms with van der Waals surface area (Å²) in [6.07, 6.45) is 10.5. The van der Waals surface area contributed by atoms with E-state index in [1.807, 2.05) is 46.7 Å². The fourth-order valence-electron chi connectivity index (χ4n) is 5.95. The summed E-state index contributed by atoms with van der Waals surface area (Å²) in [7, 11) is 0. The Labute approximate surface area is 208 Å². The second-order valence-electron chi connectivity index (χ2n) is 10.1. The van der Waals surface area contributed by atoms with Gasteiger partial charge in [-0.15, -0.1) is 0 Å². The van der Waals surface area contributed by atoms with Crippen LogP contribution in [0, 0.1) is 20.8 Å². The number of aryl methyl sites for hydroxylation is 2. The number of rotatable bonds is 4. The molecule has 1 N–H and O–H groups in total. The van der Waals surface area contributed by atoms with E-state index in [1.54, 1.807) is 6.20 Å². The van der Waals surface area contributed by atoms with Crippen molar-refractivity contribution in [3.05, 3.63) is 65.6 Å². The first-order valence-corrected chi connectivity index (χ1v) is 12.6. The number of ether oxygens (including phenoxy) is 1. The predicted octanol–water partition coefficient (Wildman–Crippen LogP) is 4.72. The molecule has 2 fully saturated rings. The minimum atomic E-state index is 0.338. The highest BCUT2D eigenvalue weighted by Gasteiger charge is 2.37. The Morgan fingerprint density at radius 2 is 1.89 bits per heavy atom. The van der Waals surface area contributed by atoms with Crippen LogP contribution in [0.1, 0.15) is 54.4 Å². The number of nitrogens with zero attached hydrogens (tertiary/aromatic N) is 7. The van der Waals surface area contributed by atoms with E-state index in [9.17, 15) is 0 Å². The normalized spacial score (nSPS) is 21.5. The molecule has 2 saturated heterocycles. The van der Waals surface area contributed by atoms with Crippen LogP contribution in [0.3, 0.4) is 0 Å². The molecule has 9 heteroatoms. The van der Waals surface area contributed by atoms with Crippen LogP contribution in [0.15, 0.2) is 42.9 Å².